The highest BCUT2D eigenvalue weighted by Crippen LogP contribution is 2.33. The lowest BCUT2D eigenvalue weighted by atomic mass is 9.91. The molecule has 1 aliphatic rings. The van der Waals surface area contributed by atoms with Crippen molar-refractivity contribution in [2.75, 3.05) is 20.2 Å². The third kappa shape index (κ3) is 2.45. The summed E-state index contributed by atoms with van der Waals surface area (Å²) in [4.78, 5) is 14.9. The number of rotatable bonds is 4. The smallest absolute Gasteiger partial charge is 0.294 e. The molecule has 0 N–H and O–H groups in total. The van der Waals surface area contributed by atoms with E-state index in [-0.39, 0.29) is 12.1 Å². The number of hydrogen-bond acceptors (Lipinski definition) is 3. The van der Waals surface area contributed by atoms with Crippen molar-refractivity contribution in [2.45, 2.75) is 51.6 Å². The van der Waals surface area contributed by atoms with Crippen molar-refractivity contribution in [1.29, 1.82) is 0 Å². The molecular formula is C11H23N2O3+. The van der Waals surface area contributed by atoms with Gasteiger partial charge in [0.1, 0.15) is 5.54 Å². The van der Waals surface area contributed by atoms with E-state index in [1.165, 1.54) is 19.3 Å². The number of likely N-dealkylation sites (tertiary alicyclic amines) is 1. The molecule has 0 aromatic rings. The Morgan fingerprint density at radius 2 is 2.12 bits per heavy atom. The van der Waals surface area contributed by atoms with Crippen LogP contribution in [0.3, 0.4) is 0 Å². The first-order valence-corrected chi connectivity index (χ1v) is 5.92. The molecule has 0 amide bonds. The number of piperidine rings is 1. The van der Waals surface area contributed by atoms with Gasteiger partial charge in [0.05, 0.1) is 19.6 Å². The van der Waals surface area contributed by atoms with Crippen LogP contribution in [0.4, 0.5) is 0 Å². The first kappa shape index (κ1) is 13.2. The quantitative estimate of drug-likeness (QED) is 0.422. The van der Waals surface area contributed by atoms with E-state index >= 15 is 0 Å². The molecule has 0 aromatic carbocycles. The van der Waals surface area contributed by atoms with Crippen LogP contribution < -0.4 is 0 Å². The molecule has 2 atom stereocenters. The Labute approximate surface area is 97.1 Å². The summed E-state index contributed by atoms with van der Waals surface area (Å²) in [6.07, 6.45) is 3.66. The Hall–Kier alpha value is -0.840. The highest BCUT2D eigenvalue weighted by molar-refractivity contribution is 4.74. The van der Waals surface area contributed by atoms with Crippen LogP contribution in [0, 0.1) is 10.1 Å². The van der Waals surface area contributed by atoms with Crippen LogP contribution in [0.1, 0.15) is 40.0 Å². The molecule has 94 valence electrons. The lowest BCUT2D eigenvalue weighted by molar-refractivity contribution is -0.985. The zero-order valence-corrected chi connectivity index (χ0v) is 10.7. The van der Waals surface area contributed by atoms with Crippen molar-refractivity contribution >= 4 is 0 Å². The molecule has 5 nitrogen and oxygen atoms in total. The predicted molar refractivity (Wildman–Crippen MR) is 61.4 cm³/mol. The van der Waals surface area contributed by atoms with Crippen LogP contribution in [0.5, 0.6) is 0 Å². The first-order chi connectivity index (χ1) is 7.29. The molecule has 1 aliphatic heterocycles. The highest BCUT2D eigenvalue weighted by atomic mass is 16.9. The fraction of sp³-hybridized carbons (Fsp3) is 1.00. The Kier molecular flexibility index (Phi) is 3.78. The summed E-state index contributed by atoms with van der Waals surface area (Å²) >= 11 is 0. The van der Waals surface area contributed by atoms with Crippen molar-refractivity contribution in [3.63, 3.8) is 0 Å². The Balaban J connectivity index is 2.74. The van der Waals surface area contributed by atoms with Gasteiger partial charge in [0, 0.05) is 0 Å². The van der Waals surface area contributed by atoms with Crippen LogP contribution in [0.25, 0.3) is 0 Å². The number of quaternary nitrogens is 1. The SMILES string of the molecule is CC1CCCC[N+]1(C)C(C)(C)CO[N+](=O)[O-]. The van der Waals surface area contributed by atoms with Gasteiger partial charge in [-0.05, 0) is 40.0 Å². The molecule has 0 saturated carbocycles. The Morgan fingerprint density at radius 3 is 2.62 bits per heavy atom. The average Bonchev–Trinajstić information content (AvgIpc) is 2.19. The first-order valence-electron chi connectivity index (χ1n) is 5.92. The van der Waals surface area contributed by atoms with Crippen LogP contribution >= 0.6 is 0 Å². The molecule has 1 rings (SSSR count). The standard InChI is InChI=1S/C11H23N2O3/c1-10-7-5-6-8-13(10,4)11(2,3)9-16-12(14)15/h10H,5-9H2,1-4H3/q+1. The third-order valence-electron chi connectivity index (χ3n) is 4.37. The van der Waals surface area contributed by atoms with Gasteiger partial charge in [0.2, 0.25) is 0 Å². The largest absolute Gasteiger partial charge is 0.318 e. The summed E-state index contributed by atoms with van der Waals surface area (Å²) < 4.78 is 0.862. The van der Waals surface area contributed by atoms with E-state index in [0.29, 0.717) is 6.04 Å². The van der Waals surface area contributed by atoms with Crippen LogP contribution in [0.2, 0.25) is 0 Å². The molecule has 0 spiro atoms. The molecule has 0 radical (unpaired) electrons. The lowest BCUT2D eigenvalue weighted by Gasteiger charge is -2.53. The second-order valence-electron chi connectivity index (χ2n) is 5.65. The summed E-state index contributed by atoms with van der Waals surface area (Å²) in [6.45, 7) is 7.58. The molecule has 0 aromatic heterocycles. The van der Waals surface area contributed by atoms with E-state index in [1.807, 2.05) is 0 Å². The zero-order chi connectivity index (χ0) is 12.4. The number of hydrogen-bond donors (Lipinski definition) is 0. The minimum Gasteiger partial charge on any atom is -0.318 e. The third-order valence-corrected chi connectivity index (χ3v) is 4.37. The molecule has 1 heterocycles. The summed E-state index contributed by atoms with van der Waals surface area (Å²) in [6, 6.07) is 0.541. The van der Waals surface area contributed by atoms with E-state index in [0.717, 1.165) is 11.0 Å². The Bertz CT molecular complexity index is 268. The molecule has 0 aliphatic carbocycles. The van der Waals surface area contributed by atoms with Gasteiger partial charge in [-0.15, -0.1) is 10.1 Å². The summed E-state index contributed by atoms with van der Waals surface area (Å²) in [5.74, 6) is 0. The van der Waals surface area contributed by atoms with Gasteiger partial charge in [-0.2, -0.15) is 0 Å². The molecule has 2 unspecified atom stereocenters. The summed E-state index contributed by atoms with van der Waals surface area (Å²) in [5.41, 5.74) is -0.215. The normalized spacial score (nSPS) is 31.1. The van der Waals surface area contributed by atoms with Crippen molar-refractivity contribution in [3.05, 3.63) is 10.1 Å². The molecule has 1 saturated heterocycles. The molecular weight excluding hydrogens is 208 g/mol. The Morgan fingerprint density at radius 1 is 1.50 bits per heavy atom. The molecule has 5 heteroatoms. The molecule has 16 heavy (non-hydrogen) atoms. The highest BCUT2D eigenvalue weighted by Gasteiger charge is 2.45. The zero-order valence-electron chi connectivity index (χ0n) is 10.7. The predicted octanol–water partition coefficient (Wildman–Crippen LogP) is 1.99. The second-order valence-corrected chi connectivity index (χ2v) is 5.65. The maximum Gasteiger partial charge on any atom is 0.294 e. The fourth-order valence-electron chi connectivity index (χ4n) is 2.64. The van der Waals surface area contributed by atoms with Crippen LogP contribution in [-0.4, -0.2) is 41.3 Å². The van der Waals surface area contributed by atoms with Gasteiger partial charge in [-0.3, -0.25) is 0 Å². The van der Waals surface area contributed by atoms with Gasteiger partial charge in [-0.1, -0.05) is 0 Å². The topological polar surface area (TPSA) is 52.4 Å². The molecule has 1 fully saturated rings. The number of likely N-dealkylation sites (N-methyl/N-ethyl adjacent to an activating group) is 1. The maximum absolute atomic E-state index is 10.3. The monoisotopic (exact) mass is 231 g/mol. The van der Waals surface area contributed by atoms with Gasteiger partial charge >= 0.3 is 0 Å². The van der Waals surface area contributed by atoms with Gasteiger partial charge < -0.3 is 9.32 Å². The van der Waals surface area contributed by atoms with E-state index < -0.39 is 5.09 Å². The molecule has 0 bridgehead atoms. The van der Waals surface area contributed by atoms with Gasteiger partial charge in [-0.25, -0.2) is 0 Å². The average molecular weight is 231 g/mol. The van der Waals surface area contributed by atoms with Gasteiger partial charge in [0.15, 0.2) is 6.61 Å². The minimum absolute atomic E-state index is 0.167. The van der Waals surface area contributed by atoms with Gasteiger partial charge in [0.25, 0.3) is 5.09 Å². The van der Waals surface area contributed by atoms with E-state index in [4.69, 9.17) is 0 Å². The maximum atomic E-state index is 10.3. The van der Waals surface area contributed by atoms with Crippen molar-refractivity contribution in [3.8, 4) is 0 Å². The van der Waals surface area contributed by atoms with Crippen molar-refractivity contribution < 1.29 is 14.4 Å². The van der Waals surface area contributed by atoms with E-state index in [9.17, 15) is 10.1 Å². The van der Waals surface area contributed by atoms with Crippen molar-refractivity contribution in [2.24, 2.45) is 0 Å². The fourth-order valence-corrected chi connectivity index (χ4v) is 2.64. The van der Waals surface area contributed by atoms with Crippen molar-refractivity contribution in [1.82, 2.24) is 0 Å². The van der Waals surface area contributed by atoms with Crippen LogP contribution in [-0.2, 0) is 4.84 Å². The summed E-state index contributed by atoms with van der Waals surface area (Å²) in [7, 11) is 2.19. The minimum atomic E-state index is -0.692. The second kappa shape index (κ2) is 4.57. The summed E-state index contributed by atoms with van der Waals surface area (Å²) in [5, 5.41) is 9.60. The number of nitrogens with zero attached hydrogens (tertiary/aromatic N) is 2. The van der Waals surface area contributed by atoms with E-state index in [1.54, 1.807) is 0 Å². The van der Waals surface area contributed by atoms with E-state index in [2.05, 4.69) is 32.7 Å². The lowest BCUT2D eigenvalue weighted by Crippen LogP contribution is -2.67. The van der Waals surface area contributed by atoms with Crippen LogP contribution in [0.15, 0.2) is 0 Å².